The van der Waals surface area contributed by atoms with Crippen LogP contribution < -0.4 is 11.1 Å². The Kier molecular flexibility index (Phi) is 6.65. The van der Waals surface area contributed by atoms with Crippen LogP contribution in [0.2, 0.25) is 0 Å². The number of amides is 1. The summed E-state index contributed by atoms with van der Waals surface area (Å²) in [5, 5.41) is 2.88. The van der Waals surface area contributed by atoms with E-state index in [1.165, 1.54) is 32.1 Å². The summed E-state index contributed by atoms with van der Waals surface area (Å²) in [4.78, 5) is 11.5. The fourth-order valence-electron chi connectivity index (χ4n) is 2.26. The monoisotopic (exact) mass is 256 g/mol. The molecular formula is C14H28N2O2. The smallest absolute Gasteiger partial charge is 0.221 e. The molecule has 3 N–H and O–H groups in total. The van der Waals surface area contributed by atoms with E-state index in [4.69, 9.17) is 10.5 Å². The first-order valence-corrected chi connectivity index (χ1v) is 7.14. The standard InChI is InChI=1S/C14H28N2O2/c1-14(2,15)11-13(17)16-9-6-10-18-12-7-4-3-5-8-12/h12H,3-11,15H2,1-2H3,(H,16,17). The first-order valence-electron chi connectivity index (χ1n) is 7.14. The van der Waals surface area contributed by atoms with Crippen molar-refractivity contribution in [3.05, 3.63) is 0 Å². The third-order valence-corrected chi connectivity index (χ3v) is 3.17. The Labute approximate surface area is 111 Å². The minimum Gasteiger partial charge on any atom is -0.378 e. The molecular weight excluding hydrogens is 228 g/mol. The van der Waals surface area contributed by atoms with Gasteiger partial charge in [-0.3, -0.25) is 4.79 Å². The quantitative estimate of drug-likeness (QED) is 0.684. The van der Waals surface area contributed by atoms with E-state index in [9.17, 15) is 4.79 Å². The minimum atomic E-state index is -0.428. The van der Waals surface area contributed by atoms with Gasteiger partial charge in [-0.25, -0.2) is 0 Å². The molecule has 0 spiro atoms. The highest BCUT2D eigenvalue weighted by Crippen LogP contribution is 2.20. The topological polar surface area (TPSA) is 64.4 Å². The molecule has 0 aliphatic heterocycles. The predicted octanol–water partition coefficient (Wildman–Crippen LogP) is 1.97. The largest absolute Gasteiger partial charge is 0.378 e. The molecule has 0 saturated heterocycles. The van der Waals surface area contributed by atoms with Crippen molar-refractivity contribution in [3.63, 3.8) is 0 Å². The Morgan fingerprint density at radius 2 is 2.00 bits per heavy atom. The molecule has 1 rings (SSSR count). The maximum absolute atomic E-state index is 11.5. The van der Waals surface area contributed by atoms with Gasteiger partial charge in [0.15, 0.2) is 0 Å². The van der Waals surface area contributed by atoms with E-state index in [0.29, 0.717) is 19.1 Å². The molecule has 0 radical (unpaired) electrons. The highest BCUT2D eigenvalue weighted by molar-refractivity contribution is 5.76. The summed E-state index contributed by atoms with van der Waals surface area (Å²) in [5.74, 6) is 0.0279. The van der Waals surface area contributed by atoms with Crippen molar-refractivity contribution in [2.24, 2.45) is 5.73 Å². The van der Waals surface area contributed by atoms with Crippen molar-refractivity contribution in [1.82, 2.24) is 5.32 Å². The zero-order chi connectivity index (χ0) is 13.4. The zero-order valence-electron chi connectivity index (χ0n) is 11.8. The predicted molar refractivity (Wildman–Crippen MR) is 73.3 cm³/mol. The second kappa shape index (κ2) is 7.74. The molecule has 4 heteroatoms. The third-order valence-electron chi connectivity index (χ3n) is 3.17. The van der Waals surface area contributed by atoms with E-state index in [-0.39, 0.29) is 5.91 Å². The van der Waals surface area contributed by atoms with Crippen LogP contribution in [-0.2, 0) is 9.53 Å². The molecule has 0 aromatic heterocycles. The Bertz CT molecular complexity index is 243. The van der Waals surface area contributed by atoms with Crippen molar-refractivity contribution in [1.29, 1.82) is 0 Å². The molecule has 0 bridgehead atoms. The average molecular weight is 256 g/mol. The van der Waals surface area contributed by atoms with E-state index >= 15 is 0 Å². The van der Waals surface area contributed by atoms with Gasteiger partial charge in [0.25, 0.3) is 0 Å². The van der Waals surface area contributed by atoms with Gasteiger partial charge in [-0.2, -0.15) is 0 Å². The summed E-state index contributed by atoms with van der Waals surface area (Å²) in [6.07, 6.45) is 8.06. The molecule has 0 unspecified atom stereocenters. The summed E-state index contributed by atoms with van der Waals surface area (Å²) in [7, 11) is 0. The van der Waals surface area contributed by atoms with Gasteiger partial charge >= 0.3 is 0 Å². The molecule has 106 valence electrons. The number of hydrogen-bond acceptors (Lipinski definition) is 3. The van der Waals surface area contributed by atoms with E-state index in [1.54, 1.807) is 0 Å². The van der Waals surface area contributed by atoms with Crippen molar-refractivity contribution in [3.8, 4) is 0 Å². The molecule has 1 amide bonds. The van der Waals surface area contributed by atoms with Gasteiger partial charge in [0.05, 0.1) is 6.10 Å². The zero-order valence-corrected chi connectivity index (χ0v) is 11.8. The normalized spacial score (nSPS) is 17.7. The summed E-state index contributed by atoms with van der Waals surface area (Å²) in [5.41, 5.74) is 5.35. The number of hydrogen-bond donors (Lipinski definition) is 2. The number of carbonyl (C=O) groups is 1. The van der Waals surface area contributed by atoms with Crippen LogP contribution in [0.4, 0.5) is 0 Å². The highest BCUT2D eigenvalue weighted by atomic mass is 16.5. The van der Waals surface area contributed by atoms with Crippen LogP contribution in [-0.4, -0.2) is 30.7 Å². The Balaban J connectivity index is 1.96. The van der Waals surface area contributed by atoms with E-state index in [0.717, 1.165) is 13.0 Å². The number of nitrogens with one attached hydrogen (secondary N) is 1. The Morgan fingerprint density at radius 1 is 1.33 bits per heavy atom. The fraction of sp³-hybridized carbons (Fsp3) is 0.929. The van der Waals surface area contributed by atoms with Gasteiger partial charge in [-0.1, -0.05) is 19.3 Å². The molecule has 1 aliphatic carbocycles. The first kappa shape index (κ1) is 15.4. The van der Waals surface area contributed by atoms with E-state index in [1.807, 2.05) is 13.8 Å². The van der Waals surface area contributed by atoms with Crippen molar-refractivity contribution in [2.45, 2.75) is 70.4 Å². The lowest BCUT2D eigenvalue weighted by molar-refractivity contribution is -0.122. The summed E-state index contributed by atoms with van der Waals surface area (Å²) >= 11 is 0. The lowest BCUT2D eigenvalue weighted by atomic mass is 9.98. The fourth-order valence-corrected chi connectivity index (χ4v) is 2.26. The van der Waals surface area contributed by atoms with E-state index < -0.39 is 5.54 Å². The Morgan fingerprint density at radius 3 is 2.61 bits per heavy atom. The molecule has 0 atom stereocenters. The van der Waals surface area contributed by atoms with Crippen LogP contribution in [0.25, 0.3) is 0 Å². The molecule has 0 aromatic carbocycles. The molecule has 1 aliphatic rings. The van der Waals surface area contributed by atoms with Crippen LogP contribution in [0.5, 0.6) is 0 Å². The molecule has 0 aromatic rings. The molecule has 18 heavy (non-hydrogen) atoms. The molecule has 0 heterocycles. The molecule has 4 nitrogen and oxygen atoms in total. The SMILES string of the molecule is CC(C)(N)CC(=O)NCCCOC1CCCCC1. The van der Waals surface area contributed by atoms with Gasteiger partial charge in [0.2, 0.25) is 5.91 Å². The minimum absolute atomic E-state index is 0.0279. The van der Waals surface area contributed by atoms with Crippen LogP contribution in [0.3, 0.4) is 0 Å². The van der Waals surface area contributed by atoms with Crippen LogP contribution in [0.1, 0.15) is 58.8 Å². The summed E-state index contributed by atoms with van der Waals surface area (Å²) in [6, 6.07) is 0. The van der Waals surface area contributed by atoms with Gasteiger partial charge in [-0.05, 0) is 33.1 Å². The Hall–Kier alpha value is -0.610. The summed E-state index contributed by atoms with van der Waals surface area (Å²) in [6.45, 7) is 5.15. The van der Waals surface area contributed by atoms with Crippen molar-refractivity contribution in [2.75, 3.05) is 13.2 Å². The molecule has 1 fully saturated rings. The highest BCUT2D eigenvalue weighted by Gasteiger charge is 2.16. The van der Waals surface area contributed by atoms with Gasteiger partial charge < -0.3 is 15.8 Å². The first-order chi connectivity index (χ1) is 8.47. The average Bonchev–Trinajstić information content (AvgIpc) is 2.27. The molecule has 1 saturated carbocycles. The number of rotatable bonds is 7. The van der Waals surface area contributed by atoms with Crippen LogP contribution in [0, 0.1) is 0 Å². The van der Waals surface area contributed by atoms with Crippen molar-refractivity contribution >= 4 is 5.91 Å². The van der Waals surface area contributed by atoms with Crippen LogP contribution in [0.15, 0.2) is 0 Å². The second-order valence-electron chi connectivity index (χ2n) is 6.00. The number of carbonyl (C=O) groups excluding carboxylic acids is 1. The maximum Gasteiger partial charge on any atom is 0.221 e. The van der Waals surface area contributed by atoms with Gasteiger partial charge in [-0.15, -0.1) is 0 Å². The maximum atomic E-state index is 11.5. The summed E-state index contributed by atoms with van der Waals surface area (Å²) < 4.78 is 5.79. The third kappa shape index (κ3) is 7.67. The number of nitrogens with two attached hydrogens (primary N) is 1. The van der Waals surface area contributed by atoms with Crippen molar-refractivity contribution < 1.29 is 9.53 Å². The second-order valence-corrected chi connectivity index (χ2v) is 6.00. The van der Waals surface area contributed by atoms with Gasteiger partial charge in [0.1, 0.15) is 0 Å². The lowest BCUT2D eigenvalue weighted by Gasteiger charge is -2.22. The van der Waals surface area contributed by atoms with Gasteiger partial charge in [0, 0.05) is 25.1 Å². The number of ether oxygens (including phenoxy) is 1. The van der Waals surface area contributed by atoms with Crippen LogP contribution >= 0.6 is 0 Å². The van der Waals surface area contributed by atoms with E-state index in [2.05, 4.69) is 5.32 Å². The lowest BCUT2D eigenvalue weighted by Crippen LogP contribution is -2.39.